The minimum absolute atomic E-state index is 0.592. The zero-order valence-corrected chi connectivity index (χ0v) is 8.87. The Hall–Kier alpha value is -0.820. The molecule has 14 heavy (non-hydrogen) atoms. The predicted octanol–water partition coefficient (Wildman–Crippen LogP) is 3.14. The number of hydrogen-bond donors (Lipinski definition) is 1. The molecule has 1 aromatic rings. The highest BCUT2D eigenvalue weighted by Crippen LogP contribution is 2.28. The summed E-state index contributed by atoms with van der Waals surface area (Å²) in [5, 5.41) is 3.60. The topological polar surface area (TPSA) is 12.0 Å². The first kappa shape index (κ1) is 9.72. The summed E-state index contributed by atoms with van der Waals surface area (Å²) in [4.78, 5) is 0. The maximum Gasteiger partial charge on any atom is 0.0322 e. The van der Waals surface area contributed by atoms with Gasteiger partial charge in [0.1, 0.15) is 0 Å². The van der Waals surface area contributed by atoms with E-state index in [9.17, 15) is 0 Å². The Bertz CT molecular complexity index is 268. The van der Waals surface area contributed by atoms with Gasteiger partial charge in [-0.3, -0.25) is 0 Å². The number of piperidine rings is 1. The van der Waals surface area contributed by atoms with Crippen molar-refractivity contribution in [3.05, 3.63) is 35.9 Å². The van der Waals surface area contributed by atoms with Gasteiger partial charge in [-0.2, -0.15) is 0 Å². The number of benzene rings is 1. The fourth-order valence-corrected chi connectivity index (χ4v) is 2.31. The first-order valence-electron chi connectivity index (χ1n) is 5.68. The van der Waals surface area contributed by atoms with Crippen molar-refractivity contribution in [2.45, 2.75) is 32.2 Å². The van der Waals surface area contributed by atoms with Crippen LogP contribution in [0.1, 0.15) is 37.8 Å². The smallest absolute Gasteiger partial charge is 0.0322 e. The van der Waals surface area contributed by atoms with E-state index in [1.54, 1.807) is 0 Å². The van der Waals surface area contributed by atoms with Gasteiger partial charge in [0, 0.05) is 6.04 Å². The van der Waals surface area contributed by atoms with Gasteiger partial charge < -0.3 is 5.32 Å². The summed E-state index contributed by atoms with van der Waals surface area (Å²) >= 11 is 0. The molecule has 0 unspecified atom stereocenters. The van der Waals surface area contributed by atoms with E-state index in [-0.39, 0.29) is 0 Å². The molecule has 1 heterocycles. The third-order valence-corrected chi connectivity index (χ3v) is 3.29. The Morgan fingerprint density at radius 1 is 1.29 bits per heavy atom. The summed E-state index contributed by atoms with van der Waals surface area (Å²) < 4.78 is 0. The van der Waals surface area contributed by atoms with Gasteiger partial charge in [0.25, 0.3) is 0 Å². The molecule has 0 amide bonds. The molecular formula is C13H19N. The zero-order chi connectivity index (χ0) is 9.80. The summed E-state index contributed by atoms with van der Waals surface area (Å²) in [6, 6.07) is 11.4. The minimum Gasteiger partial charge on any atom is -0.310 e. The molecule has 0 aromatic heterocycles. The standard InChI is InChI=1S/C13H19N/c1-2-11-8-9-14-13(10-11)12-6-4-3-5-7-12/h3-7,11,13-14H,2,8-10H2,1H3/t11-,13-/m0/s1. The van der Waals surface area contributed by atoms with Gasteiger partial charge in [0.2, 0.25) is 0 Å². The Balaban J connectivity index is 2.04. The first-order chi connectivity index (χ1) is 6.90. The Morgan fingerprint density at radius 2 is 2.07 bits per heavy atom. The van der Waals surface area contributed by atoms with Crippen LogP contribution in [0, 0.1) is 5.92 Å². The van der Waals surface area contributed by atoms with Gasteiger partial charge in [-0.25, -0.2) is 0 Å². The van der Waals surface area contributed by atoms with E-state index in [0.717, 1.165) is 5.92 Å². The van der Waals surface area contributed by atoms with Crippen LogP contribution >= 0.6 is 0 Å². The Morgan fingerprint density at radius 3 is 2.79 bits per heavy atom. The summed E-state index contributed by atoms with van der Waals surface area (Å²) in [7, 11) is 0. The fraction of sp³-hybridized carbons (Fsp3) is 0.538. The van der Waals surface area contributed by atoms with Crippen molar-refractivity contribution in [3.63, 3.8) is 0 Å². The molecule has 2 rings (SSSR count). The molecule has 0 spiro atoms. The van der Waals surface area contributed by atoms with E-state index >= 15 is 0 Å². The molecule has 1 nitrogen and oxygen atoms in total. The lowest BCUT2D eigenvalue weighted by Crippen LogP contribution is -2.31. The number of hydrogen-bond acceptors (Lipinski definition) is 1. The quantitative estimate of drug-likeness (QED) is 0.753. The Labute approximate surface area is 86.5 Å². The highest BCUT2D eigenvalue weighted by atomic mass is 14.9. The molecule has 0 bridgehead atoms. The van der Waals surface area contributed by atoms with Crippen LogP contribution in [0.25, 0.3) is 0 Å². The van der Waals surface area contributed by atoms with Crippen LogP contribution in [0.4, 0.5) is 0 Å². The largest absolute Gasteiger partial charge is 0.310 e. The summed E-state index contributed by atoms with van der Waals surface area (Å²) in [5.41, 5.74) is 1.45. The average molecular weight is 189 g/mol. The lowest BCUT2D eigenvalue weighted by atomic mass is 9.87. The van der Waals surface area contributed by atoms with Gasteiger partial charge in [-0.15, -0.1) is 0 Å². The second-order valence-electron chi connectivity index (χ2n) is 4.22. The van der Waals surface area contributed by atoms with E-state index in [1.165, 1.54) is 31.4 Å². The van der Waals surface area contributed by atoms with Crippen molar-refractivity contribution in [3.8, 4) is 0 Å². The molecule has 0 saturated carbocycles. The van der Waals surface area contributed by atoms with E-state index in [1.807, 2.05) is 0 Å². The maximum atomic E-state index is 3.60. The van der Waals surface area contributed by atoms with Crippen LogP contribution in [0.3, 0.4) is 0 Å². The van der Waals surface area contributed by atoms with E-state index in [4.69, 9.17) is 0 Å². The van der Waals surface area contributed by atoms with Crippen LogP contribution in [-0.4, -0.2) is 6.54 Å². The third kappa shape index (κ3) is 2.16. The Kier molecular flexibility index (Phi) is 3.20. The lowest BCUT2D eigenvalue weighted by Gasteiger charge is -2.30. The van der Waals surface area contributed by atoms with Crippen LogP contribution < -0.4 is 5.32 Å². The molecule has 1 aromatic carbocycles. The van der Waals surface area contributed by atoms with E-state index in [2.05, 4.69) is 42.6 Å². The molecule has 1 fully saturated rings. The van der Waals surface area contributed by atoms with Crippen LogP contribution in [-0.2, 0) is 0 Å². The average Bonchev–Trinajstić information content (AvgIpc) is 2.30. The predicted molar refractivity (Wildman–Crippen MR) is 60.2 cm³/mol. The number of nitrogens with one attached hydrogen (secondary N) is 1. The molecule has 1 saturated heterocycles. The van der Waals surface area contributed by atoms with Crippen molar-refractivity contribution in [2.24, 2.45) is 5.92 Å². The van der Waals surface area contributed by atoms with Crippen LogP contribution in [0.2, 0.25) is 0 Å². The fourth-order valence-electron chi connectivity index (χ4n) is 2.31. The SMILES string of the molecule is CC[C@H]1CCN[C@H](c2ccccc2)C1. The van der Waals surface area contributed by atoms with Gasteiger partial charge in [-0.05, 0) is 30.9 Å². The molecule has 1 heteroatoms. The minimum atomic E-state index is 0.592. The summed E-state index contributed by atoms with van der Waals surface area (Å²) in [6.45, 7) is 3.48. The van der Waals surface area contributed by atoms with Crippen LogP contribution in [0.5, 0.6) is 0 Å². The number of rotatable bonds is 2. The molecule has 1 aliphatic rings. The summed E-state index contributed by atoms with van der Waals surface area (Å²) in [6.07, 6.45) is 3.98. The van der Waals surface area contributed by atoms with Gasteiger partial charge in [0.05, 0.1) is 0 Å². The molecule has 2 atom stereocenters. The molecule has 1 aliphatic heterocycles. The highest BCUT2D eigenvalue weighted by molar-refractivity contribution is 5.19. The van der Waals surface area contributed by atoms with Gasteiger partial charge in [-0.1, -0.05) is 43.7 Å². The van der Waals surface area contributed by atoms with Crippen molar-refractivity contribution < 1.29 is 0 Å². The first-order valence-corrected chi connectivity index (χ1v) is 5.68. The molecular weight excluding hydrogens is 170 g/mol. The normalized spacial score (nSPS) is 27.5. The van der Waals surface area contributed by atoms with Crippen molar-refractivity contribution in [1.29, 1.82) is 0 Å². The zero-order valence-electron chi connectivity index (χ0n) is 8.87. The molecule has 0 aliphatic carbocycles. The van der Waals surface area contributed by atoms with Crippen molar-refractivity contribution >= 4 is 0 Å². The molecule has 76 valence electrons. The maximum absolute atomic E-state index is 3.60. The van der Waals surface area contributed by atoms with Gasteiger partial charge in [0.15, 0.2) is 0 Å². The van der Waals surface area contributed by atoms with E-state index < -0.39 is 0 Å². The third-order valence-electron chi connectivity index (χ3n) is 3.29. The lowest BCUT2D eigenvalue weighted by molar-refractivity contribution is 0.299. The van der Waals surface area contributed by atoms with Crippen LogP contribution in [0.15, 0.2) is 30.3 Å². The second-order valence-corrected chi connectivity index (χ2v) is 4.22. The van der Waals surface area contributed by atoms with E-state index in [0.29, 0.717) is 6.04 Å². The van der Waals surface area contributed by atoms with Crippen molar-refractivity contribution in [1.82, 2.24) is 5.32 Å². The van der Waals surface area contributed by atoms with Gasteiger partial charge >= 0.3 is 0 Å². The second kappa shape index (κ2) is 4.61. The molecule has 1 N–H and O–H groups in total. The monoisotopic (exact) mass is 189 g/mol. The van der Waals surface area contributed by atoms with Crippen molar-refractivity contribution in [2.75, 3.05) is 6.54 Å². The highest BCUT2D eigenvalue weighted by Gasteiger charge is 2.20. The summed E-state index contributed by atoms with van der Waals surface area (Å²) in [5.74, 6) is 0.918. The molecule has 0 radical (unpaired) electrons.